The van der Waals surface area contributed by atoms with Crippen LogP contribution in [-0.4, -0.2) is 23.1 Å². The van der Waals surface area contributed by atoms with E-state index in [1.165, 1.54) is 11.3 Å². The molecule has 0 unspecified atom stereocenters. The summed E-state index contributed by atoms with van der Waals surface area (Å²) >= 11 is 4.86. The minimum Gasteiger partial charge on any atom is -0.345 e. The number of fused-ring (bicyclic) bond motifs is 1. The van der Waals surface area contributed by atoms with Crippen LogP contribution in [0.1, 0.15) is 24.5 Å². The van der Waals surface area contributed by atoms with E-state index in [4.69, 9.17) is 4.98 Å². The van der Waals surface area contributed by atoms with Crippen molar-refractivity contribution in [1.82, 2.24) is 9.55 Å². The molecule has 3 rings (SSSR count). The maximum atomic E-state index is 13.1. The summed E-state index contributed by atoms with van der Waals surface area (Å²) in [7, 11) is 1.93. The van der Waals surface area contributed by atoms with Crippen molar-refractivity contribution in [3.8, 4) is 6.07 Å². The van der Waals surface area contributed by atoms with Crippen molar-refractivity contribution in [3.05, 3.63) is 55.6 Å². The summed E-state index contributed by atoms with van der Waals surface area (Å²) in [5.41, 5.74) is 2.00. The molecule has 0 atom stereocenters. The van der Waals surface area contributed by atoms with Gasteiger partial charge in [0.05, 0.1) is 22.7 Å². The third kappa shape index (κ3) is 3.32. The van der Waals surface area contributed by atoms with Gasteiger partial charge in [-0.15, -0.1) is 11.3 Å². The van der Waals surface area contributed by atoms with Gasteiger partial charge < -0.3 is 4.90 Å². The van der Waals surface area contributed by atoms with Crippen molar-refractivity contribution in [3.63, 3.8) is 0 Å². The Morgan fingerprint density at radius 3 is 2.88 bits per heavy atom. The van der Waals surface area contributed by atoms with Crippen LogP contribution in [0.5, 0.6) is 0 Å². The number of halogens is 1. The Kier molecular flexibility index (Phi) is 5.21. The first-order valence-electron chi connectivity index (χ1n) is 7.93. The lowest BCUT2D eigenvalue weighted by Gasteiger charge is -2.22. The van der Waals surface area contributed by atoms with E-state index >= 15 is 0 Å². The average molecular weight is 417 g/mol. The first kappa shape index (κ1) is 17.6. The van der Waals surface area contributed by atoms with Crippen molar-refractivity contribution >= 4 is 43.4 Å². The van der Waals surface area contributed by atoms with Gasteiger partial charge in [-0.2, -0.15) is 5.26 Å². The average Bonchev–Trinajstić information content (AvgIpc) is 2.99. The molecule has 1 aromatic carbocycles. The van der Waals surface area contributed by atoms with Crippen LogP contribution in [0.2, 0.25) is 0 Å². The normalized spacial score (nSPS) is 10.8. The molecule has 0 radical (unpaired) electrons. The van der Waals surface area contributed by atoms with Crippen LogP contribution < -0.4 is 10.5 Å². The molecule has 0 amide bonds. The summed E-state index contributed by atoms with van der Waals surface area (Å²) in [5, 5.41) is 11.2. The molecule has 5 nitrogen and oxygen atoms in total. The summed E-state index contributed by atoms with van der Waals surface area (Å²) in [4.78, 5) is 19.8. The second-order valence-corrected chi connectivity index (χ2v) is 7.49. The van der Waals surface area contributed by atoms with Gasteiger partial charge in [-0.25, -0.2) is 4.98 Å². The van der Waals surface area contributed by atoms with Crippen LogP contribution in [0, 0.1) is 11.3 Å². The van der Waals surface area contributed by atoms with Crippen molar-refractivity contribution in [1.29, 1.82) is 5.26 Å². The van der Waals surface area contributed by atoms with Gasteiger partial charge in [0.25, 0.3) is 5.56 Å². The van der Waals surface area contributed by atoms with Crippen molar-refractivity contribution in [2.75, 3.05) is 18.5 Å². The van der Waals surface area contributed by atoms with Crippen molar-refractivity contribution < 1.29 is 0 Å². The molecule has 0 spiro atoms. The van der Waals surface area contributed by atoms with E-state index in [0.29, 0.717) is 28.3 Å². The molecule has 0 aliphatic heterocycles. The molecule has 2 heterocycles. The molecule has 3 aromatic rings. The smallest absolute Gasteiger partial charge is 0.273 e. The highest BCUT2D eigenvalue weighted by Crippen LogP contribution is 2.28. The van der Waals surface area contributed by atoms with Crippen LogP contribution in [0.4, 0.5) is 5.95 Å². The lowest BCUT2D eigenvalue weighted by atomic mass is 10.1. The maximum Gasteiger partial charge on any atom is 0.273 e. The fourth-order valence-corrected chi connectivity index (χ4v) is 4.28. The predicted molar refractivity (Wildman–Crippen MR) is 105 cm³/mol. The highest BCUT2D eigenvalue weighted by atomic mass is 79.9. The molecule has 25 heavy (non-hydrogen) atoms. The van der Waals surface area contributed by atoms with Crippen LogP contribution in [0.3, 0.4) is 0 Å². The highest BCUT2D eigenvalue weighted by molar-refractivity contribution is 9.10. The molecule has 0 N–H and O–H groups in total. The SMILES string of the molecule is CCCN(C)c1nc2c(Br)csc2c(=O)n1Cc1ccccc1C#N. The Hall–Kier alpha value is -2.17. The van der Waals surface area contributed by atoms with Crippen LogP contribution in [-0.2, 0) is 6.54 Å². The van der Waals surface area contributed by atoms with Crippen LogP contribution >= 0.6 is 27.3 Å². The maximum absolute atomic E-state index is 13.1. The minimum atomic E-state index is -0.0774. The fraction of sp³-hybridized carbons (Fsp3) is 0.278. The lowest BCUT2D eigenvalue weighted by Crippen LogP contribution is -2.31. The zero-order valence-corrected chi connectivity index (χ0v) is 16.4. The van der Waals surface area contributed by atoms with E-state index in [9.17, 15) is 10.1 Å². The summed E-state index contributed by atoms with van der Waals surface area (Å²) < 4.78 is 3.12. The zero-order valence-electron chi connectivity index (χ0n) is 14.0. The van der Waals surface area contributed by atoms with Gasteiger partial charge in [-0.1, -0.05) is 25.1 Å². The van der Waals surface area contributed by atoms with Crippen molar-refractivity contribution in [2.24, 2.45) is 0 Å². The van der Waals surface area contributed by atoms with Crippen LogP contribution in [0.15, 0.2) is 38.9 Å². The molecule has 2 aromatic heterocycles. The van der Waals surface area contributed by atoms with Gasteiger partial charge >= 0.3 is 0 Å². The van der Waals surface area contributed by atoms with E-state index < -0.39 is 0 Å². The Bertz CT molecular complexity index is 1020. The topological polar surface area (TPSA) is 61.9 Å². The molecule has 0 aliphatic carbocycles. The fourth-order valence-electron chi connectivity index (χ4n) is 2.77. The molecule has 0 saturated carbocycles. The van der Waals surface area contributed by atoms with E-state index in [2.05, 4.69) is 28.9 Å². The number of hydrogen-bond donors (Lipinski definition) is 0. The molecule has 0 fully saturated rings. The molecule has 128 valence electrons. The third-order valence-electron chi connectivity index (χ3n) is 3.98. The Labute approximate surface area is 158 Å². The monoisotopic (exact) mass is 416 g/mol. The van der Waals surface area contributed by atoms with E-state index in [1.54, 1.807) is 10.6 Å². The van der Waals surface area contributed by atoms with E-state index in [0.717, 1.165) is 23.0 Å². The van der Waals surface area contributed by atoms with Gasteiger partial charge in [0.2, 0.25) is 5.95 Å². The third-order valence-corrected chi connectivity index (χ3v) is 5.85. The molecular formula is C18H17BrN4OS. The summed E-state index contributed by atoms with van der Waals surface area (Å²) in [6.45, 7) is 3.20. The number of rotatable bonds is 5. The summed E-state index contributed by atoms with van der Waals surface area (Å²) in [6.07, 6.45) is 0.948. The molecular weight excluding hydrogens is 400 g/mol. The second-order valence-electron chi connectivity index (χ2n) is 5.75. The van der Waals surface area contributed by atoms with E-state index in [-0.39, 0.29) is 5.56 Å². The number of thiophene rings is 1. The predicted octanol–water partition coefficient (Wildman–Crippen LogP) is 3.99. The van der Waals surface area contributed by atoms with Gasteiger partial charge in [0.1, 0.15) is 10.2 Å². The number of nitriles is 1. The second kappa shape index (κ2) is 7.38. The Morgan fingerprint density at radius 2 is 2.16 bits per heavy atom. The number of anilines is 1. The standard InChI is InChI=1S/C18H17BrN4OS/c1-3-8-22(2)18-21-15-14(19)11-25-16(15)17(24)23(18)10-13-7-5-4-6-12(13)9-20/h4-7,11H,3,8,10H2,1-2H3. The number of benzene rings is 1. The molecule has 0 aliphatic rings. The molecule has 0 bridgehead atoms. The Morgan fingerprint density at radius 1 is 1.40 bits per heavy atom. The molecule has 0 saturated heterocycles. The highest BCUT2D eigenvalue weighted by Gasteiger charge is 2.18. The first-order chi connectivity index (χ1) is 12.1. The van der Waals surface area contributed by atoms with E-state index in [1.807, 2.05) is 35.5 Å². The van der Waals surface area contributed by atoms with Gasteiger partial charge in [0.15, 0.2) is 0 Å². The van der Waals surface area contributed by atoms with Crippen molar-refractivity contribution in [2.45, 2.75) is 19.9 Å². The first-order valence-corrected chi connectivity index (χ1v) is 9.60. The van der Waals surface area contributed by atoms with Gasteiger partial charge in [-0.05, 0) is 34.0 Å². The van der Waals surface area contributed by atoms with Crippen LogP contribution in [0.25, 0.3) is 10.2 Å². The quantitative estimate of drug-likeness (QED) is 0.630. The largest absolute Gasteiger partial charge is 0.345 e. The lowest BCUT2D eigenvalue weighted by molar-refractivity contribution is 0.704. The number of aromatic nitrogens is 2. The molecule has 7 heteroatoms. The zero-order chi connectivity index (χ0) is 18.0. The Balaban J connectivity index is 2.21. The summed E-state index contributed by atoms with van der Waals surface area (Å²) in [5.74, 6) is 0.617. The number of nitrogens with zero attached hydrogens (tertiary/aromatic N) is 4. The van der Waals surface area contributed by atoms with Gasteiger partial charge in [-0.3, -0.25) is 9.36 Å². The van der Waals surface area contributed by atoms with Gasteiger partial charge in [0, 0.05) is 19.0 Å². The summed E-state index contributed by atoms with van der Waals surface area (Å²) in [6, 6.07) is 9.55. The number of hydrogen-bond acceptors (Lipinski definition) is 5. The minimum absolute atomic E-state index is 0.0774.